The van der Waals surface area contributed by atoms with Gasteiger partial charge in [0, 0.05) is 12.1 Å². The summed E-state index contributed by atoms with van der Waals surface area (Å²) in [4.78, 5) is 0. The van der Waals surface area contributed by atoms with E-state index in [1.165, 1.54) is 0 Å². The number of furan rings is 1. The van der Waals surface area contributed by atoms with E-state index in [-0.39, 0.29) is 18.5 Å². The molecule has 1 atom stereocenters. The predicted molar refractivity (Wildman–Crippen MR) is 89.8 cm³/mol. The fourth-order valence-corrected chi connectivity index (χ4v) is 3.71. The predicted octanol–water partition coefficient (Wildman–Crippen LogP) is 3.46. The number of nitrogens with one attached hydrogen (secondary N) is 1. The SMILES string of the molecule is Cc1cc(C(O)CCNS(=O)(=O)Cc2ccc(C(F)(F)F)cc2)c(C)o1. The van der Waals surface area contributed by atoms with Crippen molar-refractivity contribution >= 4 is 10.0 Å². The van der Waals surface area contributed by atoms with Crippen molar-refractivity contribution in [2.24, 2.45) is 0 Å². The highest BCUT2D eigenvalue weighted by atomic mass is 32.2. The van der Waals surface area contributed by atoms with E-state index in [1.54, 1.807) is 19.9 Å². The van der Waals surface area contributed by atoms with Gasteiger partial charge < -0.3 is 9.52 Å². The van der Waals surface area contributed by atoms with Gasteiger partial charge in [-0.3, -0.25) is 0 Å². The van der Waals surface area contributed by atoms with Crippen molar-refractivity contribution in [2.75, 3.05) is 6.54 Å². The van der Waals surface area contributed by atoms with Crippen LogP contribution in [0.25, 0.3) is 0 Å². The second-order valence-corrected chi connectivity index (χ2v) is 7.83. The first-order chi connectivity index (χ1) is 12.0. The normalized spacial score (nSPS) is 13.8. The third-order valence-corrected chi connectivity index (χ3v) is 5.17. The number of hydrogen-bond acceptors (Lipinski definition) is 4. The van der Waals surface area contributed by atoms with Crippen LogP contribution in [0.1, 0.15) is 40.7 Å². The minimum absolute atomic E-state index is 0.00615. The summed E-state index contributed by atoms with van der Waals surface area (Å²) < 4.78 is 69.3. The smallest absolute Gasteiger partial charge is 0.416 e. The number of hydrogen-bond donors (Lipinski definition) is 2. The number of benzene rings is 1. The fraction of sp³-hybridized carbons (Fsp3) is 0.412. The van der Waals surface area contributed by atoms with Crippen LogP contribution in [0.5, 0.6) is 0 Å². The molecule has 0 amide bonds. The van der Waals surface area contributed by atoms with Crippen molar-refractivity contribution in [1.82, 2.24) is 4.72 Å². The van der Waals surface area contributed by atoms with Crippen LogP contribution in [0.3, 0.4) is 0 Å². The highest BCUT2D eigenvalue weighted by molar-refractivity contribution is 7.88. The van der Waals surface area contributed by atoms with Crippen molar-refractivity contribution in [3.8, 4) is 0 Å². The van der Waals surface area contributed by atoms with E-state index >= 15 is 0 Å². The van der Waals surface area contributed by atoms with Gasteiger partial charge in [0.2, 0.25) is 10.0 Å². The molecule has 2 N–H and O–H groups in total. The van der Waals surface area contributed by atoms with Crippen LogP contribution in [0.2, 0.25) is 0 Å². The molecule has 0 spiro atoms. The van der Waals surface area contributed by atoms with Crippen molar-refractivity contribution in [3.63, 3.8) is 0 Å². The van der Waals surface area contributed by atoms with E-state index in [1.807, 2.05) is 0 Å². The van der Waals surface area contributed by atoms with Crippen LogP contribution in [0.15, 0.2) is 34.7 Å². The molecule has 0 bridgehead atoms. The Morgan fingerprint density at radius 2 is 1.81 bits per heavy atom. The van der Waals surface area contributed by atoms with Gasteiger partial charge in [-0.2, -0.15) is 13.2 Å². The Kier molecular flexibility index (Phi) is 6.15. The highest BCUT2D eigenvalue weighted by Crippen LogP contribution is 2.29. The molecule has 0 aliphatic carbocycles. The summed E-state index contributed by atoms with van der Waals surface area (Å²) >= 11 is 0. The average Bonchev–Trinajstić information content (AvgIpc) is 2.85. The molecule has 0 radical (unpaired) electrons. The number of sulfonamides is 1. The Hall–Kier alpha value is -1.84. The van der Waals surface area contributed by atoms with Gasteiger partial charge in [-0.15, -0.1) is 0 Å². The highest BCUT2D eigenvalue weighted by Gasteiger charge is 2.30. The van der Waals surface area contributed by atoms with Crippen LogP contribution < -0.4 is 4.72 Å². The van der Waals surface area contributed by atoms with Gasteiger partial charge in [0.15, 0.2) is 0 Å². The molecular weight excluding hydrogens is 371 g/mol. The molecule has 2 rings (SSSR count). The Morgan fingerprint density at radius 1 is 1.19 bits per heavy atom. The molecule has 1 aromatic carbocycles. The molecule has 26 heavy (non-hydrogen) atoms. The third-order valence-electron chi connectivity index (χ3n) is 3.82. The van der Waals surface area contributed by atoms with Gasteiger partial charge in [0.05, 0.1) is 17.4 Å². The lowest BCUT2D eigenvalue weighted by atomic mass is 10.1. The molecule has 0 aliphatic rings. The van der Waals surface area contributed by atoms with E-state index in [9.17, 15) is 26.7 Å². The fourth-order valence-electron chi connectivity index (χ4n) is 2.55. The van der Waals surface area contributed by atoms with Crippen LogP contribution in [-0.2, 0) is 22.0 Å². The lowest BCUT2D eigenvalue weighted by Gasteiger charge is -2.11. The summed E-state index contributed by atoms with van der Waals surface area (Å²) in [5.74, 6) is 0.785. The van der Waals surface area contributed by atoms with Gasteiger partial charge in [0.1, 0.15) is 11.5 Å². The maximum Gasteiger partial charge on any atom is 0.416 e. The average molecular weight is 391 g/mol. The van der Waals surface area contributed by atoms with Crippen molar-refractivity contribution in [1.29, 1.82) is 0 Å². The van der Waals surface area contributed by atoms with E-state index in [0.717, 1.165) is 24.3 Å². The van der Waals surface area contributed by atoms with Crippen LogP contribution in [0, 0.1) is 13.8 Å². The second-order valence-electron chi connectivity index (χ2n) is 6.02. The van der Waals surface area contributed by atoms with E-state index in [0.29, 0.717) is 17.1 Å². The number of aryl methyl sites for hydroxylation is 2. The van der Waals surface area contributed by atoms with Gasteiger partial charge in [-0.05, 0) is 44.0 Å². The maximum absolute atomic E-state index is 12.5. The van der Waals surface area contributed by atoms with Crippen molar-refractivity contribution in [2.45, 2.75) is 38.3 Å². The zero-order valence-corrected chi connectivity index (χ0v) is 15.1. The lowest BCUT2D eigenvalue weighted by Crippen LogP contribution is -2.27. The van der Waals surface area contributed by atoms with E-state index in [2.05, 4.69) is 4.72 Å². The molecule has 1 unspecified atom stereocenters. The quantitative estimate of drug-likeness (QED) is 0.758. The molecular formula is C17H20F3NO4S. The second kappa shape index (κ2) is 7.81. The maximum atomic E-state index is 12.5. The summed E-state index contributed by atoms with van der Waals surface area (Å²) in [7, 11) is -3.73. The Labute approximate surface area is 149 Å². The summed E-state index contributed by atoms with van der Waals surface area (Å²) in [6.07, 6.45) is -5.19. The van der Waals surface area contributed by atoms with Gasteiger partial charge in [-0.25, -0.2) is 13.1 Å². The molecule has 0 fully saturated rings. The Balaban J connectivity index is 1.89. The molecule has 2 aromatic rings. The van der Waals surface area contributed by atoms with Gasteiger partial charge >= 0.3 is 6.18 Å². The summed E-state index contributed by atoms with van der Waals surface area (Å²) in [5, 5.41) is 10.1. The van der Waals surface area contributed by atoms with Crippen LogP contribution >= 0.6 is 0 Å². The molecule has 5 nitrogen and oxygen atoms in total. The molecule has 0 aliphatic heterocycles. The summed E-state index contributed by atoms with van der Waals surface area (Å²) in [6, 6.07) is 5.65. The molecule has 0 saturated carbocycles. The molecule has 144 valence electrons. The molecule has 0 saturated heterocycles. The molecule has 1 heterocycles. The first-order valence-corrected chi connectivity index (χ1v) is 9.51. The largest absolute Gasteiger partial charge is 0.466 e. The number of aliphatic hydroxyl groups is 1. The number of rotatable bonds is 7. The lowest BCUT2D eigenvalue weighted by molar-refractivity contribution is -0.137. The topological polar surface area (TPSA) is 79.5 Å². The summed E-state index contributed by atoms with van der Waals surface area (Å²) in [5.41, 5.74) is 0.0114. The van der Waals surface area contributed by atoms with Crippen LogP contribution in [0.4, 0.5) is 13.2 Å². The molecule has 9 heteroatoms. The first-order valence-electron chi connectivity index (χ1n) is 7.86. The Bertz CT molecular complexity index is 842. The Morgan fingerprint density at radius 3 is 2.31 bits per heavy atom. The first kappa shape index (κ1) is 20.5. The molecule has 1 aromatic heterocycles. The standard InChI is InChI=1S/C17H20F3NO4S/c1-11-9-15(12(2)25-11)16(22)7-8-21-26(23,24)10-13-3-5-14(6-4-13)17(18,19)20/h3-6,9,16,21-22H,7-8,10H2,1-2H3. The minimum atomic E-state index is -4.46. The van der Waals surface area contributed by atoms with E-state index in [4.69, 9.17) is 4.42 Å². The summed E-state index contributed by atoms with van der Waals surface area (Å²) in [6.45, 7) is 3.45. The number of aliphatic hydroxyl groups excluding tert-OH is 1. The zero-order chi connectivity index (χ0) is 19.5. The van der Waals surface area contributed by atoms with E-state index < -0.39 is 33.6 Å². The number of alkyl halides is 3. The number of halogens is 3. The minimum Gasteiger partial charge on any atom is -0.466 e. The van der Waals surface area contributed by atoms with Crippen LogP contribution in [-0.4, -0.2) is 20.1 Å². The third kappa shape index (κ3) is 5.58. The van der Waals surface area contributed by atoms with Crippen molar-refractivity contribution in [3.05, 3.63) is 58.5 Å². The monoisotopic (exact) mass is 391 g/mol. The van der Waals surface area contributed by atoms with Gasteiger partial charge in [0.25, 0.3) is 0 Å². The zero-order valence-electron chi connectivity index (χ0n) is 14.3. The van der Waals surface area contributed by atoms with Crippen molar-refractivity contribution < 1.29 is 31.1 Å². The van der Waals surface area contributed by atoms with Gasteiger partial charge in [-0.1, -0.05) is 12.1 Å².